The van der Waals surface area contributed by atoms with E-state index in [0.29, 0.717) is 12.8 Å². The number of aliphatic imine (C=N–C) groups is 1. The lowest BCUT2D eigenvalue weighted by Crippen LogP contribution is -2.60. The van der Waals surface area contributed by atoms with Crippen LogP contribution in [-0.2, 0) is 0 Å². The van der Waals surface area contributed by atoms with Gasteiger partial charge in [0.2, 0.25) is 0 Å². The predicted molar refractivity (Wildman–Crippen MR) is 70.3 cm³/mol. The highest BCUT2D eigenvalue weighted by Crippen LogP contribution is 2.52. The molecule has 1 N–H and O–H groups in total. The molecule has 0 atom stereocenters. The molecule has 0 amide bonds. The second-order valence-corrected chi connectivity index (χ2v) is 5.77. The van der Waals surface area contributed by atoms with Crippen LogP contribution in [0.3, 0.4) is 0 Å². The summed E-state index contributed by atoms with van der Waals surface area (Å²) >= 11 is 0. The van der Waals surface area contributed by atoms with Gasteiger partial charge < -0.3 is 5.32 Å². The van der Waals surface area contributed by atoms with Crippen LogP contribution in [0.1, 0.15) is 39.0 Å². The van der Waals surface area contributed by atoms with Gasteiger partial charge in [-0.2, -0.15) is 31.6 Å². The fourth-order valence-corrected chi connectivity index (χ4v) is 3.10. The van der Waals surface area contributed by atoms with Gasteiger partial charge in [-0.15, -0.1) is 0 Å². The van der Waals surface area contributed by atoms with Crippen LogP contribution < -0.4 is 5.32 Å². The van der Waals surface area contributed by atoms with Gasteiger partial charge in [-0.25, -0.2) is 4.99 Å². The summed E-state index contributed by atoms with van der Waals surface area (Å²) in [5.74, 6) is -0.807. The molecule has 0 bridgehead atoms. The molecule has 1 aliphatic heterocycles. The van der Waals surface area contributed by atoms with Crippen molar-refractivity contribution in [3.63, 3.8) is 0 Å². The molecule has 128 valence electrons. The highest BCUT2D eigenvalue weighted by molar-refractivity contribution is 5.88. The zero-order valence-electron chi connectivity index (χ0n) is 12.3. The molecule has 2 rings (SSSR count). The number of allylic oxidation sites excluding steroid dienone is 1. The van der Waals surface area contributed by atoms with Crippen molar-refractivity contribution < 1.29 is 26.3 Å². The van der Waals surface area contributed by atoms with E-state index in [1.54, 1.807) is 0 Å². The summed E-state index contributed by atoms with van der Waals surface area (Å²) in [7, 11) is 0. The second kappa shape index (κ2) is 5.73. The van der Waals surface area contributed by atoms with Crippen molar-refractivity contribution in [2.75, 3.05) is 0 Å². The lowest BCUT2D eigenvalue weighted by Gasteiger charge is -2.39. The largest absolute Gasteiger partial charge is 0.427 e. The van der Waals surface area contributed by atoms with Crippen molar-refractivity contribution in [3.8, 4) is 6.07 Å². The predicted octanol–water partition coefficient (Wildman–Crippen LogP) is 4.23. The molecule has 1 heterocycles. The summed E-state index contributed by atoms with van der Waals surface area (Å²) in [5, 5.41) is 11.4. The first kappa shape index (κ1) is 17.6. The monoisotopic (exact) mass is 339 g/mol. The third kappa shape index (κ3) is 2.79. The first-order chi connectivity index (χ1) is 10.5. The van der Waals surface area contributed by atoms with Crippen molar-refractivity contribution >= 4 is 5.84 Å². The molecule has 23 heavy (non-hydrogen) atoms. The van der Waals surface area contributed by atoms with E-state index in [0.717, 1.165) is 32.3 Å². The average molecular weight is 339 g/mol. The minimum absolute atomic E-state index is 0.323. The van der Waals surface area contributed by atoms with E-state index in [2.05, 4.69) is 10.3 Å². The van der Waals surface area contributed by atoms with Crippen LogP contribution in [0.5, 0.6) is 0 Å². The molecule has 3 nitrogen and oxygen atoms in total. The lowest BCUT2D eigenvalue weighted by atomic mass is 9.83. The van der Waals surface area contributed by atoms with E-state index < -0.39 is 35.1 Å². The Balaban J connectivity index is 2.64. The number of hydrogen-bond donors (Lipinski definition) is 1. The van der Waals surface area contributed by atoms with E-state index in [9.17, 15) is 26.3 Å². The average Bonchev–Trinajstić information content (AvgIpc) is 2.44. The van der Waals surface area contributed by atoms with Gasteiger partial charge in [0, 0.05) is 11.6 Å². The smallest absolute Gasteiger partial charge is 0.347 e. The maximum absolute atomic E-state index is 13.4. The Labute approximate surface area is 129 Å². The Morgan fingerprint density at radius 2 is 1.61 bits per heavy atom. The van der Waals surface area contributed by atoms with Crippen LogP contribution in [0.2, 0.25) is 0 Å². The fourth-order valence-electron chi connectivity index (χ4n) is 3.10. The minimum atomic E-state index is -5.75. The molecule has 0 radical (unpaired) electrons. The first-order valence-electron chi connectivity index (χ1n) is 7.16. The third-order valence-electron chi connectivity index (χ3n) is 4.26. The van der Waals surface area contributed by atoms with Gasteiger partial charge >= 0.3 is 12.4 Å². The van der Waals surface area contributed by atoms with Gasteiger partial charge in [-0.1, -0.05) is 19.3 Å². The van der Waals surface area contributed by atoms with E-state index >= 15 is 0 Å². The van der Waals surface area contributed by atoms with Gasteiger partial charge in [0.1, 0.15) is 5.84 Å². The summed E-state index contributed by atoms with van der Waals surface area (Å²) in [5.41, 5.74) is -6.38. The van der Waals surface area contributed by atoms with Crippen LogP contribution in [0.25, 0.3) is 0 Å². The molecular formula is C14H15F6N3. The van der Waals surface area contributed by atoms with E-state index in [1.807, 2.05) is 0 Å². The van der Waals surface area contributed by atoms with E-state index in [-0.39, 0.29) is 5.84 Å². The topological polar surface area (TPSA) is 48.2 Å². The van der Waals surface area contributed by atoms with Crippen molar-refractivity contribution in [2.24, 2.45) is 10.9 Å². The highest BCUT2D eigenvalue weighted by Gasteiger charge is 2.75. The van der Waals surface area contributed by atoms with E-state index in [1.165, 1.54) is 0 Å². The summed E-state index contributed by atoms with van der Waals surface area (Å²) in [6.07, 6.45) is -8.20. The number of alkyl halides is 6. The molecule has 0 aromatic heterocycles. The van der Waals surface area contributed by atoms with Crippen LogP contribution in [0.15, 0.2) is 16.3 Å². The zero-order valence-corrected chi connectivity index (χ0v) is 12.3. The van der Waals surface area contributed by atoms with Crippen LogP contribution in [0, 0.1) is 17.2 Å². The molecule has 0 unspecified atom stereocenters. The van der Waals surface area contributed by atoms with Gasteiger partial charge in [0.25, 0.3) is 5.54 Å². The van der Waals surface area contributed by atoms with Gasteiger partial charge in [-0.3, -0.25) is 0 Å². The Morgan fingerprint density at radius 1 is 1.09 bits per heavy atom. The Morgan fingerprint density at radius 3 is 2.04 bits per heavy atom. The molecule has 1 saturated carbocycles. The van der Waals surface area contributed by atoms with Crippen LogP contribution in [0.4, 0.5) is 26.3 Å². The summed E-state index contributed by atoms with van der Waals surface area (Å²) < 4.78 is 80.4. The van der Waals surface area contributed by atoms with E-state index in [4.69, 9.17) is 5.26 Å². The highest BCUT2D eigenvalue weighted by atomic mass is 19.4. The molecule has 0 aromatic rings. The number of nitrogens with zero attached hydrogens (tertiary/aromatic N) is 2. The minimum Gasteiger partial charge on any atom is -0.347 e. The van der Waals surface area contributed by atoms with Gasteiger partial charge in [0.15, 0.2) is 0 Å². The van der Waals surface area contributed by atoms with Crippen LogP contribution >= 0.6 is 0 Å². The molecule has 2 aliphatic rings. The lowest BCUT2D eigenvalue weighted by molar-refractivity contribution is -0.281. The number of nitriles is 1. The van der Waals surface area contributed by atoms with Crippen molar-refractivity contribution in [2.45, 2.75) is 56.9 Å². The number of amidine groups is 1. The number of halogens is 6. The van der Waals surface area contributed by atoms with Gasteiger partial charge in [-0.05, 0) is 19.8 Å². The van der Waals surface area contributed by atoms with Gasteiger partial charge in [0.05, 0.1) is 11.6 Å². The molecule has 1 fully saturated rings. The first-order valence-corrected chi connectivity index (χ1v) is 7.16. The maximum Gasteiger partial charge on any atom is 0.427 e. The molecule has 9 heteroatoms. The molecule has 1 aliphatic carbocycles. The molecular weight excluding hydrogens is 324 g/mol. The third-order valence-corrected chi connectivity index (χ3v) is 4.26. The Kier molecular flexibility index (Phi) is 4.39. The molecule has 0 aromatic carbocycles. The van der Waals surface area contributed by atoms with Crippen molar-refractivity contribution in [1.82, 2.24) is 5.32 Å². The van der Waals surface area contributed by atoms with Crippen molar-refractivity contribution in [1.29, 1.82) is 5.26 Å². The molecule has 0 spiro atoms. The van der Waals surface area contributed by atoms with Crippen molar-refractivity contribution in [3.05, 3.63) is 11.3 Å². The quantitative estimate of drug-likeness (QED) is 0.727. The number of nitrogens with one attached hydrogen (secondary N) is 1. The summed E-state index contributed by atoms with van der Waals surface area (Å²) in [6.45, 7) is 1.04. The van der Waals surface area contributed by atoms with Crippen LogP contribution in [-0.4, -0.2) is 23.7 Å². The molecule has 0 saturated heterocycles. The Hall–Kier alpha value is -1.72. The second-order valence-electron chi connectivity index (χ2n) is 5.77. The fraction of sp³-hybridized carbons (Fsp3) is 0.714. The Bertz CT molecular complexity index is 559. The summed E-state index contributed by atoms with van der Waals surface area (Å²) in [4.78, 5) is 3.06. The standard InChI is InChI=1S/C14H15F6N3/c1-8-10(7-21)12(13(15,16)17,14(18,19)20)23-11(22-8)9-5-3-2-4-6-9/h9H,2-6H2,1H3,(H,22,23). The number of hydrogen-bond acceptors (Lipinski definition) is 3. The SMILES string of the molecule is CC1=C(C#N)C(C(F)(F)F)(C(F)(F)F)N=C(C2CCCCC2)N1. The zero-order chi connectivity index (χ0) is 17.5. The normalized spacial score (nSPS) is 23.1. The summed E-state index contributed by atoms with van der Waals surface area (Å²) in [6, 6.07) is 1.05. The maximum atomic E-state index is 13.4. The number of rotatable bonds is 1.